The molecule has 0 aliphatic rings. The molecule has 0 amide bonds. The molecule has 0 saturated carbocycles. The summed E-state index contributed by atoms with van der Waals surface area (Å²) < 4.78 is 4.96. The Labute approximate surface area is 126 Å². The molecule has 0 spiro atoms. The van der Waals surface area contributed by atoms with Crippen molar-refractivity contribution in [2.24, 2.45) is 0 Å². The van der Waals surface area contributed by atoms with Crippen LogP contribution in [0.25, 0.3) is 22.8 Å². The Morgan fingerprint density at radius 2 is 2.09 bits per heavy atom. The van der Waals surface area contributed by atoms with Gasteiger partial charge in [0, 0.05) is 12.3 Å². The van der Waals surface area contributed by atoms with Crippen LogP contribution >= 0.6 is 0 Å². The van der Waals surface area contributed by atoms with Gasteiger partial charge < -0.3 is 19.7 Å². The van der Waals surface area contributed by atoms with Crippen molar-refractivity contribution in [1.82, 2.24) is 15.1 Å². The van der Waals surface area contributed by atoms with Gasteiger partial charge in [-0.1, -0.05) is 5.16 Å². The first kappa shape index (κ1) is 14.3. The van der Waals surface area contributed by atoms with E-state index < -0.39 is 27.7 Å². The van der Waals surface area contributed by atoms with Gasteiger partial charge in [-0.3, -0.25) is 14.9 Å². The Bertz CT molecular complexity index is 961. The number of H-pyrrole nitrogens is 1. The highest BCUT2D eigenvalue weighted by Crippen LogP contribution is 2.39. The summed E-state index contributed by atoms with van der Waals surface area (Å²) in [4.78, 5) is 28.1. The third-order valence-electron chi connectivity index (χ3n) is 3.00. The van der Waals surface area contributed by atoms with E-state index in [1.54, 1.807) is 6.07 Å². The standard InChI is InChI=1S/C13H8N4O6/c18-9-5-6(4-8(10(9)19)17(21)22)13-15-11(16-23-13)7-2-1-3-14-12(7)20/h1-5,18-19H,(H,14,20). The fourth-order valence-corrected chi connectivity index (χ4v) is 1.91. The van der Waals surface area contributed by atoms with Gasteiger partial charge >= 0.3 is 5.69 Å². The largest absolute Gasteiger partial charge is 0.504 e. The van der Waals surface area contributed by atoms with E-state index >= 15 is 0 Å². The number of pyridine rings is 1. The predicted molar refractivity (Wildman–Crippen MR) is 75.8 cm³/mol. The Kier molecular flexibility index (Phi) is 3.26. The quantitative estimate of drug-likeness (QED) is 0.372. The van der Waals surface area contributed by atoms with Crippen LogP contribution in [0, 0.1) is 10.1 Å². The Hall–Kier alpha value is -3.69. The summed E-state index contributed by atoms with van der Waals surface area (Å²) in [5, 5.41) is 33.5. The third kappa shape index (κ3) is 2.48. The zero-order chi connectivity index (χ0) is 16.6. The molecule has 0 aliphatic carbocycles. The Morgan fingerprint density at radius 3 is 2.78 bits per heavy atom. The molecular formula is C13H8N4O6. The molecule has 3 aromatic rings. The highest BCUT2D eigenvalue weighted by molar-refractivity contribution is 5.68. The third-order valence-corrected chi connectivity index (χ3v) is 3.00. The van der Waals surface area contributed by atoms with E-state index in [1.807, 2.05) is 0 Å². The summed E-state index contributed by atoms with van der Waals surface area (Å²) in [7, 11) is 0. The van der Waals surface area contributed by atoms with Crippen molar-refractivity contribution in [2.75, 3.05) is 0 Å². The highest BCUT2D eigenvalue weighted by atomic mass is 16.6. The molecule has 1 aromatic carbocycles. The van der Waals surface area contributed by atoms with Crippen LogP contribution in [-0.2, 0) is 0 Å². The predicted octanol–water partition coefficient (Wildman–Crippen LogP) is 1.41. The Morgan fingerprint density at radius 1 is 1.30 bits per heavy atom. The molecule has 3 rings (SSSR count). The molecule has 0 aliphatic heterocycles. The number of phenols is 2. The molecule has 23 heavy (non-hydrogen) atoms. The van der Waals surface area contributed by atoms with E-state index in [4.69, 9.17) is 4.52 Å². The van der Waals surface area contributed by atoms with Crippen LogP contribution in [0.1, 0.15) is 0 Å². The number of aromatic amines is 1. The number of phenolic OH excluding ortho intramolecular Hbond substituents is 2. The number of aromatic hydroxyl groups is 2. The van der Waals surface area contributed by atoms with Crippen LogP contribution < -0.4 is 5.56 Å². The van der Waals surface area contributed by atoms with Gasteiger partial charge in [0.15, 0.2) is 5.75 Å². The van der Waals surface area contributed by atoms with Gasteiger partial charge in [0.25, 0.3) is 11.4 Å². The monoisotopic (exact) mass is 316 g/mol. The number of nitro benzene ring substituents is 1. The smallest absolute Gasteiger partial charge is 0.315 e. The summed E-state index contributed by atoms with van der Waals surface area (Å²) in [5.41, 5.74) is -0.963. The van der Waals surface area contributed by atoms with Crippen molar-refractivity contribution >= 4 is 5.69 Å². The molecule has 0 saturated heterocycles. The molecule has 0 bridgehead atoms. The number of nitro groups is 1. The van der Waals surface area contributed by atoms with Crippen molar-refractivity contribution in [3.05, 3.63) is 50.9 Å². The van der Waals surface area contributed by atoms with Crippen LogP contribution in [0.4, 0.5) is 5.69 Å². The fraction of sp³-hybridized carbons (Fsp3) is 0. The molecule has 10 heteroatoms. The molecule has 0 fully saturated rings. The van der Waals surface area contributed by atoms with E-state index in [9.17, 15) is 25.1 Å². The molecule has 10 nitrogen and oxygen atoms in total. The molecule has 116 valence electrons. The molecule has 3 N–H and O–H groups in total. The maximum atomic E-state index is 11.7. The van der Waals surface area contributed by atoms with Gasteiger partial charge in [-0.15, -0.1) is 0 Å². The topological polar surface area (TPSA) is 155 Å². The van der Waals surface area contributed by atoms with Gasteiger partial charge in [-0.05, 0) is 18.2 Å². The highest BCUT2D eigenvalue weighted by Gasteiger charge is 2.22. The first-order chi connectivity index (χ1) is 11.0. The number of aromatic nitrogens is 3. The lowest BCUT2D eigenvalue weighted by atomic mass is 10.1. The van der Waals surface area contributed by atoms with Crippen LogP contribution in [-0.4, -0.2) is 30.3 Å². The minimum absolute atomic E-state index is 0.0166. The van der Waals surface area contributed by atoms with E-state index in [-0.39, 0.29) is 22.8 Å². The van der Waals surface area contributed by atoms with Crippen LogP contribution in [0.2, 0.25) is 0 Å². The summed E-state index contributed by atoms with van der Waals surface area (Å²) >= 11 is 0. The molecule has 2 heterocycles. The summed E-state index contributed by atoms with van der Waals surface area (Å²) in [5.74, 6) is -1.73. The second kappa shape index (κ2) is 5.26. The lowest BCUT2D eigenvalue weighted by Gasteiger charge is -2.01. The summed E-state index contributed by atoms with van der Waals surface area (Å²) in [6.07, 6.45) is 1.44. The Balaban J connectivity index is 2.10. The number of rotatable bonds is 3. The SMILES string of the molecule is O=c1[nH]cccc1-c1noc(-c2cc(O)c(O)c([N+](=O)[O-])c2)n1. The van der Waals surface area contributed by atoms with Crippen molar-refractivity contribution < 1.29 is 19.7 Å². The first-order valence-electron chi connectivity index (χ1n) is 6.20. The lowest BCUT2D eigenvalue weighted by molar-refractivity contribution is -0.385. The number of hydrogen-bond donors (Lipinski definition) is 3. The zero-order valence-electron chi connectivity index (χ0n) is 11.3. The van der Waals surface area contributed by atoms with Crippen LogP contribution in [0.15, 0.2) is 39.8 Å². The second-order valence-electron chi connectivity index (χ2n) is 4.46. The average Bonchev–Trinajstić information content (AvgIpc) is 2.99. The van der Waals surface area contributed by atoms with E-state index in [0.717, 1.165) is 12.1 Å². The van der Waals surface area contributed by atoms with E-state index in [1.165, 1.54) is 12.3 Å². The van der Waals surface area contributed by atoms with Crippen molar-refractivity contribution in [2.45, 2.75) is 0 Å². The number of hydrogen-bond acceptors (Lipinski definition) is 8. The minimum Gasteiger partial charge on any atom is -0.504 e. The maximum absolute atomic E-state index is 11.7. The summed E-state index contributed by atoms with van der Waals surface area (Å²) in [6.45, 7) is 0. The molecule has 0 atom stereocenters. The number of nitrogens with zero attached hydrogens (tertiary/aromatic N) is 3. The fourth-order valence-electron chi connectivity index (χ4n) is 1.91. The van der Waals surface area contributed by atoms with E-state index in [2.05, 4.69) is 15.1 Å². The van der Waals surface area contributed by atoms with Crippen LogP contribution in [0.5, 0.6) is 11.5 Å². The van der Waals surface area contributed by atoms with Crippen molar-refractivity contribution in [3.63, 3.8) is 0 Å². The zero-order valence-corrected chi connectivity index (χ0v) is 11.3. The molecular weight excluding hydrogens is 308 g/mol. The van der Waals surface area contributed by atoms with Gasteiger partial charge in [0.1, 0.15) is 0 Å². The van der Waals surface area contributed by atoms with Crippen molar-refractivity contribution in [3.8, 4) is 34.3 Å². The first-order valence-corrected chi connectivity index (χ1v) is 6.20. The average molecular weight is 316 g/mol. The van der Waals surface area contributed by atoms with E-state index in [0.29, 0.717) is 0 Å². The maximum Gasteiger partial charge on any atom is 0.315 e. The van der Waals surface area contributed by atoms with Crippen LogP contribution in [0.3, 0.4) is 0 Å². The molecule has 2 aromatic heterocycles. The minimum atomic E-state index is -0.863. The number of benzene rings is 1. The molecule has 0 unspecified atom stereocenters. The van der Waals surface area contributed by atoms with Gasteiger partial charge in [-0.2, -0.15) is 4.98 Å². The molecule has 0 radical (unpaired) electrons. The second-order valence-corrected chi connectivity index (χ2v) is 4.46. The summed E-state index contributed by atoms with van der Waals surface area (Å²) in [6, 6.07) is 5.06. The van der Waals surface area contributed by atoms with Gasteiger partial charge in [-0.25, -0.2) is 0 Å². The normalized spacial score (nSPS) is 10.6. The van der Waals surface area contributed by atoms with Gasteiger partial charge in [0.2, 0.25) is 11.6 Å². The number of nitrogens with one attached hydrogen (secondary N) is 1. The van der Waals surface area contributed by atoms with Crippen molar-refractivity contribution in [1.29, 1.82) is 0 Å². The van der Waals surface area contributed by atoms with Gasteiger partial charge in [0.05, 0.1) is 16.1 Å². The lowest BCUT2D eigenvalue weighted by Crippen LogP contribution is -2.07.